The highest BCUT2D eigenvalue weighted by molar-refractivity contribution is 7.80. The van der Waals surface area contributed by atoms with Crippen LogP contribution in [0, 0.1) is 0 Å². The van der Waals surface area contributed by atoms with Crippen molar-refractivity contribution in [2.45, 2.75) is 5.41 Å². The van der Waals surface area contributed by atoms with Crippen LogP contribution in [-0.2, 0) is 5.41 Å². The molecule has 0 bridgehead atoms. The SMILES string of the molecule is COc1cccc2c1[C@]1(c3ccccc3O2)c2ccccc2Oc2cccc(P(c3ccccc3)c3ccccc3)c21. The minimum absolute atomic E-state index is 0.748. The first-order valence-electron chi connectivity index (χ1n) is 14.1. The average molecular weight is 563 g/mol. The predicted octanol–water partition coefficient (Wildman–Crippen LogP) is 8.05. The molecule has 2 aliphatic heterocycles. The van der Waals surface area contributed by atoms with E-state index in [4.69, 9.17) is 14.2 Å². The molecular weight excluding hydrogens is 535 g/mol. The van der Waals surface area contributed by atoms with E-state index in [0.29, 0.717) is 0 Å². The molecule has 1 atom stereocenters. The van der Waals surface area contributed by atoms with Gasteiger partial charge in [0.25, 0.3) is 0 Å². The summed E-state index contributed by atoms with van der Waals surface area (Å²) >= 11 is 0. The monoisotopic (exact) mass is 562 g/mol. The van der Waals surface area contributed by atoms with Crippen molar-refractivity contribution in [3.05, 3.63) is 168 Å². The summed E-state index contributed by atoms with van der Waals surface area (Å²) in [5.74, 6) is 4.08. The first-order valence-corrected chi connectivity index (χ1v) is 15.4. The molecule has 42 heavy (non-hydrogen) atoms. The van der Waals surface area contributed by atoms with Crippen molar-refractivity contribution in [2.24, 2.45) is 0 Å². The van der Waals surface area contributed by atoms with Crippen LogP contribution in [0.25, 0.3) is 0 Å². The molecule has 0 saturated heterocycles. The number of ether oxygens (including phenoxy) is 3. The molecular formula is C38H27O3P. The Hall–Kier alpha value is -4.85. The summed E-state index contributed by atoms with van der Waals surface area (Å²) in [5, 5.41) is 3.80. The molecule has 0 saturated carbocycles. The van der Waals surface area contributed by atoms with Crippen molar-refractivity contribution in [3.8, 4) is 28.7 Å². The molecule has 4 heteroatoms. The molecule has 2 aliphatic rings. The number of para-hydroxylation sites is 2. The Morgan fingerprint density at radius 1 is 0.476 bits per heavy atom. The first kappa shape index (κ1) is 24.9. The van der Waals surface area contributed by atoms with Gasteiger partial charge in [-0.05, 0) is 54.2 Å². The van der Waals surface area contributed by atoms with Crippen molar-refractivity contribution in [1.82, 2.24) is 0 Å². The number of hydrogen-bond donors (Lipinski definition) is 0. The van der Waals surface area contributed by atoms with Gasteiger partial charge in [0.05, 0.1) is 18.1 Å². The van der Waals surface area contributed by atoms with Crippen LogP contribution in [0.2, 0.25) is 0 Å². The van der Waals surface area contributed by atoms with Gasteiger partial charge in [-0.25, -0.2) is 0 Å². The van der Waals surface area contributed by atoms with Crippen molar-refractivity contribution in [1.29, 1.82) is 0 Å². The van der Waals surface area contributed by atoms with Gasteiger partial charge in [0.15, 0.2) is 0 Å². The molecule has 3 nitrogen and oxygen atoms in total. The zero-order chi connectivity index (χ0) is 28.1. The lowest BCUT2D eigenvalue weighted by Gasteiger charge is -2.46. The summed E-state index contributed by atoms with van der Waals surface area (Å²) in [6.45, 7) is 0. The van der Waals surface area contributed by atoms with Crippen LogP contribution in [0.4, 0.5) is 0 Å². The molecule has 2 heterocycles. The molecule has 0 aromatic heterocycles. The topological polar surface area (TPSA) is 27.7 Å². The van der Waals surface area contributed by atoms with E-state index in [1.54, 1.807) is 7.11 Å². The fraction of sp³-hybridized carbons (Fsp3) is 0.0526. The van der Waals surface area contributed by atoms with Crippen LogP contribution >= 0.6 is 7.92 Å². The fourth-order valence-corrected chi connectivity index (χ4v) is 9.19. The van der Waals surface area contributed by atoms with Gasteiger partial charge < -0.3 is 14.2 Å². The zero-order valence-corrected chi connectivity index (χ0v) is 23.9. The van der Waals surface area contributed by atoms with E-state index in [2.05, 4.69) is 115 Å². The second-order valence-corrected chi connectivity index (χ2v) is 12.6. The number of hydrogen-bond acceptors (Lipinski definition) is 3. The van der Waals surface area contributed by atoms with Gasteiger partial charge in [0, 0.05) is 16.7 Å². The van der Waals surface area contributed by atoms with Crippen LogP contribution < -0.4 is 30.1 Å². The molecule has 6 aromatic rings. The Balaban J connectivity index is 1.57. The predicted molar refractivity (Wildman–Crippen MR) is 170 cm³/mol. The van der Waals surface area contributed by atoms with E-state index in [0.717, 1.165) is 51.0 Å². The third kappa shape index (κ3) is 3.57. The van der Waals surface area contributed by atoms with E-state index in [-0.39, 0.29) is 0 Å². The van der Waals surface area contributed by atoms with E-state index in [1.165, 1.54) is 15.9 Å². The number of benzene rings is 6. The molecule has 0 aliphatic carbocycles. The highest BCUT2D eigenvalue weighted by atomic mass is 31.1. The molecule has 202 valence electrons. The summed E-state index contributed by atoms with van der Waals surface area (Å²) < 4.78 is 19.6. The average Bonchev–Trinajstić information content (AvgIpc) is 3.05. The Labute approximate surface area is 246 Å². The third-order valence-corrected chi connectivity index (χ3v) is 10.7. The second kappa shape index (κ2) is 9.91. The molecule has 0 fully saturated rings. The number of methoxy groups -OCH3 is 1. The van der Waals surface area contributed by atoms with Crippen molar-refractivity contribution in [3.63, 3.8) is 0 Å². The van der Waals surface area contributed by atoms with E-state index < -0.39 is 13.3 Å². The number of fused-ring (bicyclic) bond motifs is 8. The smallest absolute Gasteiger partial charge is 0.135 e. The van der Waals surface area contributed by atoms with Gasteiger partial charge in [-0.3, -0.25) is 0 Å². The molecule has 0 amide bonds. The third-order valence-electron chi connectivity index (χ3n) is 8.25. The van der Waals surface area contributed by atoms with Crippen LogP contribution in [0.3, 0.4) is 0 Å². The minimum Gasteiger partial charge on any atom is -0.496 e. The van der Waals surface area contributed by atoms with Crippen molar-refractivity contribution >= 4 is 23.8 Å². The first-order chi connectivity index (χ1) is 20.8. The maximum Gasteiger partial charge on any atom is 0.135 e. The quantitative estimate of drug-likeness (QED) is 0.203. The fourth-order valence-electron chi connectivity index (χ4n) is 6.66. The van der Waals surface area contributed by atoms with E-state index >= 15 is 0 Å². The van der Waals surface area contributed by atoms with Crippen LogP contribution in [0.15, 0.2) is 146 Å². The summed E-state index contributed by atoms with van der Waals surface area (Å²) in [6, 6.07) is 51.1. The molecule has 1 spiro atoms. The Morgan fingerprint density at radius 2 is 0.952 bits per heavy atom. The van der Waals surface area contributed by atoms with Gasteiger partial charge in [-0.1, -0.05) is 115 Å². The second-order valence-electron chi connectivity index (χ2n) is 10.4. The molecule has 0 radical (unpaired) electrons. The van der Waals surface area contributed by atoms with Gasteiger partial charge in [0.2, 0.25) is 0 Å². The van der Waals surface area contributed by atoms with Crippen molar-refractivity contribution in [2.75, 3.05) is 7.11 Å². The largest absolute Gasteiger partial charge is 0.496 e. The van der Waals surface area contributed by atoms with Crippen LogP contribution in [0.1, 0.15) is 22.3 Å². The molecule has 0 unspecified atom stereocenters. The van der Waals surface area contributed by atoms with E-state index in [9.17, 15) is 0 Å². The maximum atomic E-state index is 6.80. The maximum absolute atomic E-state index is 6.80. The Kier molecular flexibility index (Phi) is 5.87. The van der Waals surface area contributed by atoms with Crippen LogP contribution in [-0.4, -0.2) is 7.11 Å². The van der Waals surface area contributed by atoms with Crippen LogP contribution in [0.5, 0.6) is 28.7 Å². The summed E-state index contributed by atoms with van der Waals surface area (Å²) in [4.78, 5) is 0. The molecule has 0 N–H and O–H groups in total. The van der Waals surface area contributed by atoms with E-state index in [1.807, 2.05) is 30.3 Å². The highest BCUT2D eigenvalue weighted by Crippen LogP contribution is 2.63. The van der Waals surface area contributed by atoms with Gasteiger partial charge in [-0.15, -0.1) is 0 Å². The molecule has 6 aromatic carbocycles. The normalized spacial score (nSPS) is 16.0. The van der Waals surface area contributed by atoms with Gasteiger partial charge in [-0.2, -0.15) is 0 Å². The standard InChI is InChI=1S/C38H27O3P/c1-39-32-22-12-23-33-36(32)38(28-18-8-10-20-30(28)40-33)29-19-9-11-21-31(29)41-34-24-13-25-35(37(34)38)42(26-14-4-2-5-15-26)27-16-6-3-7-17-27/h2-25H,1H3/t38-/m0/s1. The minimum atomic E-state index is -0.955. The summed E-state index contributed by atoms with van der Waals surface area (Å²) in [5.41, 5.74) is 3.52. The Morgan fingerprint density at radius 3 is 1.52 bits per heavy atom. The van der Waals surface area contributed by atoms with Gasteiger partial charge >= 0.3 is 0 Å². The number of rotatable bonds is 4. The lowest BCUT2D eigenvalue weighted by Crippen LogP contribution is -2.41. The highest BCUT2D eigenvalue weighted by Gasteiger charge is 2.53. The Bertz CT molecular complexity index is 1860. The zero-order valence-electron chi connectivity index (χ0n) is 23.0. The van der Waals surface area contributed by atoms with Crippen molar-refractivity contribution < 1.29 is 14.2 Å². The lowest BCUT2D eigenvalue weighted by molar-refractivity contribution is 0.369. The summed E-state index contributed by atoms with van der Waals surface area (Å²) in [6.07, 6.45) is 0. The molecule has 8 rings (SSSR count). The summed E-state index contributed by atoms with van der Waals surface area (Å²) in [7, 11) is 0.784. The van der Waals surface area contributed by atoms with Gasteiger partial charge in [0.1, 0.15) is 28.7 Å². The lowest BCUT2D eigenvalue weighted by atomic mass is 9.62.